The molecule has 0 aromatic heterocycles. The van der Waals surface area contributed by atoms with Crippen LogP contribution in [0.3, 0.4) is 0 Å². The first-order valence-corrected chi connectivity index (χ1v) is 9.11. The van der Waals surface area contributed by atoms with Crippen LogP contribution in [0.4, 0.5) is 0 Å². The molecule has 1 amide bonds. The van der Waals surface area contributed by atoms with Gasteiger partial charge in [0.25, 0.3) is 10.0 Å². The number of hydrogen-bond donors (Lipinski definition) is 2. The van der Waals surface area contributed by atoms with Crippen molar-refractivity contribution >= 4 is 21.7 Å². The molecule has 0 radical (unpaired) electrons. The molecule has 3 rings (SSSR count). The number of amides is 1. The first kappa shape index (κ1) is 16.1. The van der Waals surface area contributed by atoms with E-state index in [4.69, 9.17) is 0 Å². The summed E-state index contributed by atoms with van der Waals surface area (Å²) in [4.78, 5) is 25.0. The average Bonchev–Trinajstić information content (AvgIpc) is 2.71. The van der Waals surface area contributed by atoms with Gasteiger partial charge in [0.1, 0.15) is 5.41 Å². The van der Waals surface area contributed by atoms with E-state index in [1.54, 1.807) is 12.1 Å². The van der Waals surface area contributed by atoms with E-state index in [0.717, 1.165) is 5.56 Å². The summed E-state index contributed by atoms with van der Waals surface area (Å²) in [7, 11) is -4.01. The lowest BCUT2D eigenvalue weighted by Gasteiger charge is -2.32. The Bertz CT molecular complexity index is 755. The normalized spacial score (nSPS) is 30.3. The van der Waals surface area contributed by atoms with Crippen molar-refractivity contribution in [3.63, 3.8) is 0 Å². The van der Waals surface area contributed by atoms with Crippen molar-refractivity contribution in [3.8, 4) is 0 Å². The minimum atomic E-state index is -4.01. The molecule has 0 saturated heterocycles. The molecule has 23 heavy (non-hydrogen) atoms. The molecule has 7 heteroatoms. The van der Waals surface area contributed by atoms with E-state index >= 15 is 0 Å². The molecule has 2 aliphatic rings. The van der Waals surface area contributed by atoms with Gasteiger partial charge in [-0.25, -0.2) is 13.1 Å². The summed E-state index contributed by atoms with van der Waals surface area (Å²) < 4.78 is 26.7. The molecule has 2 fully saturated rings. The Hall–Kier alpha value is -1.73. The number of nitrogens with one attached hydrogen (secondary N) is 1. The molecule has 0 aliphatic heterocycles. The molecular formula is C16H19NO5S. The van der Waals surface area contributed by atoms with Crippen molar-refractivity contribution in [3.05, 3.63) is 29.8 Å². The highest BCUT2D eigenvalue weighted by molar-refractivity contribution is 7.90. The molecule has 2 N–H and O–H groups in total. The SMILES string of the molecule is Cc1ccc(S(=O)(=O)NC(=O)C23CCC(O)C(CC2)C3=O)cc1. The maximum absolute atomic E-state index is 12.6. The number of carbonyl (C=O) groups is 2. The van der Waals surface area contributed by atoms with Gasteiger partial charge in [0, 0.05) is 5.92 Å². The second-order valence-electron chi connectivity index (χ2n) is 6.45. The molecule has 1 aromatic carbocycles. The molecule has 6 nitrogen and oxygen atoms in total. The number of aliphatic hydroxyl groups is 1. The Morgan fingerprint density at radius 3 is 2.48 bits per heavy atom. The van der Waals surface area contributed by atoms with Gasteiger partial charge in [0.15, 0.2) is 5.78 Å². The Morgan fingerprint density at radius 2 is 1.83 bits per heavy atom. The first-order chi connectivity index (χ1) is 10.8. The van der Waals surface area contributed by atoms with Crippen molar-refractivity contribution in [2.24, 2.45) is 11.3 Å². The molecule has 2 saturated carbocycles. The van der Waals surface area contributed by atoms with Gasteiger partial charge in [-0.1, -0.05) is 17.7 Å². The molecule has 2 aliphatic carbocycles. The summed E-state index contributed by atoms with van der Waals surface area (Å²) in [5.74, 6) is -1.64. The predicted molar refractivity (Wildman–Crippen MR) is 81.9 cm³/mol. The van der Waals surface area contributed by atoms with E-state index in [2.05, 4.69) is 4.72 Å². The van der Waals surface area contributed by atoms with Crippen LogP contribution in [0.15, 0.2) is 29.2 Å². The minimum Gasteiger partial charge on any atom is -0.392 e. The predicted octanol–water partition coefficient (Wildman–Crippen LogP) is 0.920. The summed E-state index contributed by atoms with van der Waals surface area (Å²) in [5.41, 5.74) is -0.397. The molecule has 124 valence electrons. The van der Waals surface area contributed by atoms with Gasteiger partial charge in [-0.05, 0) is 44.7 Å². The maximum Gasteiger partial charge on any atom is 0.264 e. The fourth-order valence-corrected chi connectivity index (χ4v) is 4.61. The number of benzene rings is 1. The minimum absolute atomic E-state index is 0.00862. The molecular weight excluding hydrogens is 318 g/mol. The van der Waals surface area contributed by atoms with E-state index < -0.39 is 33.4 Å². The largest absolute Gasteiger partial charge is 0.392 e. The highest BCUT2D eigenvalue weighted by atomic mass is 32.2. The number of aryl methyl sites for hydroxylation is 1. The quantitative estimate of drug-likeness (QED) is 0.799. The van der Waals surface area contributed by atoms with Crippen molar-refractivity contribution in [2.75, 3.05) is 0 Å². The Morgan fingerprint density at radius 1 is 1.22 bits per heavy atom. The van der Waals surface area contributed by atoms with E-state index in [-0.39, 0.29) is 17.1 Å². The van der Waals surface area contributed by atoms with Crippen molar-refractivity contribution < 1.29 is 23.1 Å². The number of sulfonamides is 1. The van der Waals surface area contributed by atoms with Crippen LogP contribution in [-0.2, 0) is 19.6 Å². The molecule has 0 spiro atoms. The van der Waals surface area contributed by atoms with Crippen LogP contribution in [0.5, 0.6) is 0 Å². The number of ketones is 1. The highest BCUT2D eigenvalue weighted by Crippen LogP contribution is 2.48. The number of fused-ring (bicyclic) bond motifs is 2. The second kappa shape index (κ2) is 5.42. The van der Waals surface area contributed by atoms with Gasteiger partial charge in [-0.3, -0.25) is 9.59 Å². The van der Waals surface area contributed by atoms with Gasteiger partial charge < -0.3 is 5.11 Å². The van der Waals surface area contributed by atoms with Crippen molar-refractivity contribution in [1.29, 1.82) is 0 Å². The second-order valence-corrected chi connectivity index (χ2v) is 8.13. The number of carbonyl (C=O) groups excluding carboxylic acids is 2. The van der Waals surface area contributed by atoms with Crippen LogP contribution in [0, 0.1) is 18.3 Å². The average molecular weight is 337 g/mol. The van der Waals surface area contributed by atoms with Gasteiger partial charge in [-0.2, -0.15) is 0 Å². The number of hydrogen-bond acceptors (Lipinski definition) is 5. The smallest absolute Gasteiger partial charge is 0.264 e. The van der Waals surface area contributed by atoms with Crippen LogP contribution in [0.25, 0.3) is 0 Å². The van der Waals surface area contributed by atoms with Crippen LogP contribution >= 0.6 is 0 Å². The van der Waals surface area contributed by atoms with E-state index in [1.807, 2.05) is 6.92 Å². The number of rotatable bonds is 3. The van der Waals surface area contributed by atoms with Crippen LogP contribution < -0.4 is 4.72 Å². The third-order valence-electron chi connectivity index (χ3n) is 5.01. The Kier molecular flexibility index (Phi) is 3.80. The standard InChI is InChI=1S/C16H19NO5S/c1-10-2-4-11(5-3-10)23(21,22)17-15(20)16-8-6-12(14(16)19)13(18)7-9-16/h2-5,12-13,18H,6-9H2,1H3,(H,17,20). The van der Waals surface area contributed by atoms with E-state index in [1.165, 1.54) is 12.1 Å². The number of Topliss-reactive ketones (excluding diaryl/α,β-unsaturated/α-hetero) is 1. The monoisotopic (exact) mass is 337 g/mol. The summed E-state index contributed by atoms with van der Waals surface area (Å²) in [5, 5.41) is 9.83. The van der Waals surface area contributed by atoms with E-state index in [0.29, 0.717) is 19.3 Å². The van der Waals surface area contributed by atoms with Gasteiger partial charge in [0.05, 0.1) is 11.0 Å². The summed E-state index contributed by atoms with van der Waals surface area (Å²) >= 11 is 0. The maximum atomic E-state index is 12.6. The van der Waals surface area contributed by atoms with E-state index in [9.17, 15) is 23.1 Å². The Balaban J connectivity index is 1.84. The Labute approximate surface area is 134 Å². The number of aliphatic hydroxyl groups excluding tert-OH is 1. The summed E-state index contributed by atoms with van der Waals surface area (Å²) in [6, 6.07) is 6.13. The molecule has 2 bridgehead atoms. The van der Waals surface area contributed by atoms with Gasteiger partial charge >= 0.3 is 0 Å². The zero-order valence-corrected chi connectivity index (χ0v) is 13.6. The molecule has 1 aromatic rings. The first-order valence-electron chi connectivity index (χ1n) is 7.63. The van der Waals surface area contributed by atoms with Crippen molar-refractivity contribution in [2.45, 2.75) is 43.6 Å². The van der Waals surface area contributed by atoms with Crippen LogP contribution in [0.2, 0.25) is 0 Å². The zero-order valence-electron chi connectivity index (χ0n) is 12.8. The third-order valence-corrected chi connectivity index (χ3v) is 6.36. The van der Waals surface area contributed by atoms with Gasteiger partial charge in [0.2, 0.25) is 5.91 Å². The molecule has 0 heterocycles. The lowest BCUT2D eigenvalue weighted by Crippen LogP contribution is -2.50. The van der Waals surface area contributed by atoms with Gasteiger partial charge in [-0.15, -0.1) is 0 Å². The topological polar surface area (TPSA) is 101 Å². The summed E-state index contributed by atoms with van der Waals surface area (Å²) in [6.07, 6.45) is 0.535. The van der Waals surface area contributed by atoms with Crippen molar-refractivity contribution in [1.82, 2.24) is 4.72 Å². The van der Waals surface area contributed by atoms with Crippen LogP contribution in [0.1, 0.15) is 31.2 Å². The lowest BCUT2D eigenvalue weighted by molar-refractivity contribution is -0.145. The molecule has 3 atom stereocenters. The third kappa shape index (κ3) is 2.57. The fourth-order valence-electron chi connectivity index (χ4n) is 3.56. The zero-order chi connectivity index (χ0) is 16.8. The highest BCUT2D eigenvalue weighted by Gasteiger charge is 2.58. The molecule has 3 unspecified atom stereocenters. The lowest BCUT2D eigenvalue weighted by atomic mass is 9.73. The fraction of sp³-hybridized carbons (Fsp3) is 0.500. The summed E-state index contributed by atoms with van der Waals surface area (Å²) in [6.45, 7) is 1.83. The van der Waals surface area contributed by atoms with Crippen LogP contribution in [-0.4, -0.2) is 31.3 Å².